The number of nitrogens with zero attached hydrogens (tertiary/aromatic N) is 2. The van der Waals surface area contributed by atoms with Gasteiger partial charge in [-0.3, -0.25) is 0 Å². The molecular weight excluding hydrogens is 400 g/mol. The number of aromatic nitrogens is 2. The zero-order valence-electron chi connectivity index (χ0n) is 19.2. The highest BCUT2D eigenvalue weighted by atomic mass is 15.1. The average molecular weight is 430 g/mol. The van der Waals surface area contributed by atoms with Gasteiger partial charge < -0.3 is 0 Å². The lowest BCUT2D eigenvalue weighted by Gasteiger charge is -2.16. The molecule has 4 aromatic carbocycles. The van der Waals surface area contributed by atoms with E-state index in [9.17, 15) is 0 Å². The number of hydrogen-bond donors (Lipinski definition) is 0. The average Bonchev–Trinajstić information content (AvgIpc) is 3.39. The van der Waals surface area contributed by atoms with Gasteiger partial charge in [0.05, 0.1) is 0 Å². The Bertz CT molecular complexity index is 1230. The first-order chi connectivity index (χ1) is 16.2. The van der Waals surface area contributed by atoms with E-state index in [0.717, 1.165) is 0 Å². The molecule has 0 amide bonds. The predicted molar refractivity (Wildman–Crippen MR) is 136 cm³/mol. The third-order valence-corrected chi connectivity index (χ3v) is 6.56. The first-order valence-corrected chi connectivity index (χ1v) is 11.6. The molecule has 162 valence electrons. The summed E-state index contributed by atoms with van der Waals surface area (Å²) >= 11 is 0. The van der Waals surface area contributed by atoms with E-state index in [0.29, 0.717) is 0 Å². The Labute approximate surface area is 196 Å². The van der Waals surface area contributed by atoms with Gasteiger partial charge >= 0.3 is 0 Å². The Kier molecular flexibility index (Phi) is 5.91. The SMILES string of the molecule is C[C@H](c1ccccc1-c1ccccc1)n1cc[n+]([C@H](C)c2ccccc2-c2ccccc2)c1. The Morgan fingerprint density at radius 3 is 1.67 bits per heavy atom. The molecule has 0 bridgehead atoms. The Hall–Kier alpha value is -3.91. The first kappa shape index (κ1) is 21.0. The van der Waals surface area contributed by atoms with Crippen LogP contribution in [0.5, 0.6) is 0 Å². The van der Waals surface area contributed by atoms with Crippen molar-refractivity contribution in [3.8, 4) is 22.3 Å². The molecule has 5 aromatic rings. The molecule has 0 radical (unpaired) electrons. The van der Waals surface area contributed by atoms with Crippen molar-refractivity contribution in [2.75, 3.05) is 0 Å². The molecule has 0 aliphatic rings. The highest BCUT2D eigenvalue weighted by Gasteiger charge is 2.22. The third kappa shape index (κ3) is 4.25. The summed E-state index contributed by atoms with van der Waals surface area (Å²) in [6, 6.07) is 39.2. The summed E-state index contributed by atoms with van der Waals surface area (Å²) in [5, 5.41) is 0. The molecule has 33 heavy (non-hydrogen) atoms. The number of hydrogen-bond acceptors (Lipinski definition) is 0. The van der Waals surface area contributed by atoms with E-state index < -0.39 is 0 Å². The second-order valence-corrected chi connectivity index (χ2v) is 8.57. The lowest BCUT2D eigenvalue weighted by atomic mass is 9.95. The van der Waals surface area contributed by atoms with Crippen LogP contribution in [0.1, 0.15) is 37.1 Å². The number of benzene rings is 4. The van der Waals surface area contributed by atoms with Gasteiger partial charge in [0.2, 0.25) is 6.33 Å². The van der Waals surface area contributed by atoms with Crippen LogP contribution in [-0.4, -0.2) is 4.57 Å². The van der Waals surface area contributed by atoms with Crippen LogP contribution in [-0.2, 0) is 0 Å². The van der Waals surface area contributed by atoms with Crippen LogP contribution in [0.2, 0.25) is 0 Å². The summed E-state index contributed by atoms with van der Waals surface area (Å²) in [5.41, 5.74) is 7.73. The van der Waals surface area contributed by atoms with Crippen molar-refractivity contribution >= 4 is 0 Å². The van der Waals surface area contributed by atoms with Crippen molar-refractivity contribution in [2.24, 2.45) is 0 Å². The zero-order chi connectivity index (χ0) is 22.6. The Morgan fingerprint density at radius 1 is 0.576 bits per heavy atom. The molecule has 2 nitrogen and oxygen atoms in total. The van der Waals surface area contributed by atoms with Crippen molar-refractivity contribution in [3.05, 3.63) is 139 Å². The quantitative estimate of drug-likeness (QED) is 0.250. The molecule has 0 fully saturated rings. The molecule has 0 spiro atoms. The molecule has 5 rings (SSSR count). The van der Waals surface area contributed by atoms with Crippen molar-refractivity contribution in [1.82, 2.24) is 4.57 Å². The Balaban J connectivity index is 1.47. The van der Waals surface area contributed by atoms with Crippen molar-refractivity contribution in [1.29, 1.82) is 0 Å². The highest BCUT2D eigenvalue weighted by Crippen LogP contribution is 2.31. The maximum absolute atomic E-state index is 2.31. The molecule has 0 aliphatic heterocycles. The number of imidazole rings is 1. The fourth-order valence-corrected chi connectivity index (χ4v) is 4.65. The summed E-state index contributed by atoms with van der Waals surface area (Å²) in [7, 11) is 0. The summed E-state index contributed by atoms with van der Waals surface area (Å²) in [6.45, 7) is 4.55. The molecule has 0 aliphatic carbocycles. The molecule has 0 unspecified atom stereocenters. The minimum Gasteiger partial charge on any atom is -0.230 e. The van der Waals surface area contributed by atoms with E-state index in [-0.39, 0.29) is 12.1 Å². The Morgan fingerprint density at radius 2 is 1.06 bits per heavy atom. The topological polar surface area (TPSA) is 8.81 Å². The van der Waals surface area contributed by atoms with Gasteiger partial charge in [0.25, 0.3) is 0 Å². The molecule has 0 N–H and O–H groups in total. The van der Waals surface area contributed by atoms with E-state index in [1.807, 2.05) is 0 Å². The number of rotatable bonds is 6. The van der Waals surface area contributed by atoms with Gasteiger partial charge in [-0.25, -0.2) is 9.13 Å². The van der Waals surface area contributed by atoms with Crippen LogP contribution >= 0.6 is 0 Å². The van der Waals surface area contributed by atoms with Crippen molar-refractivity contribution in [3.63, 3.8) is 0 Å². The van der Waals surface area contributed by atoms with E-state index in [1.165, 1.54) is 33.4 Å². The van der Waals surface area contributed by atoms with Gasteiger partial charge in [-0.05, 0) is 36.1 Å². The summed E-state index contributed by atoms with van der Waals surface area (Å²) in [6.07, 6.45) is 6.61. The fraction of sp³-hybridized carbons (Fsp3) is 0.129. The van der Waals surface area contributed by atoms with Crippen LogP contribution in [0.4, 0.5) is 0 Å². The summed E-state index contributed by atoms with van der Waals surface area (Å²) in [4.78, 5) is 0. The second-order valence-electron chi connectivity index (χ2n) is 8.57. The molecule has 0 saturated carbocycles. The van der Waals surface area contributed by atoms with Gasteiger partial charge in [-0.1, -0.05) is 109 Å². The van der Waals surface area contributed by atoms with Crippen LogP contribution in [0.3, 0.4) is 0 Å². The van der Waals surface area contributed by atoms with Crippen LogP contribution in [0.15, 0.2) is 128 Å². The molecule has 0 saturated heterocycles. The van der Waals surface area contributed by atoms with Crippen LogP contribution in [0, 0.1) is 0 Å². The smallest absolute Gasteiger partial charge is 0.230 e. The molecule has 1 heterocycles. The van der Waals surface area contributed by atoms with Gasteiger partial charge in [-0.2, -0.15) is 0 Å². The highest BCUT2D eigenvalue weighted by molar-refractivity contribution is 5.68. The third-order valence-electron chi connectivity index (χ3n) is 6.56. The summed E-state index contributed by atoms with van der Waals surface area (Å²) < 4.78 is 4.62. The first-order valence-electron chi connectivity index (χ1n) is 11.6. The van der Waals surface area contributed by atoms with E-state index >= 15 is 0 Å². The second kappa shape index (κ2) is 9.30. The predicted octanol–water partition coefficient (Wildman–Crippen LogP) is 7.33. The standard InChI is InChI=1S/C31H29N2/c1-24(28-17-9-11-19-30(28)26-13-5-3-6-14-26)32-21-22-33(23-32)25(2)29-18-10-12-20-31(29)27-15-7-4-8-16-27/h3-25H,1-2H3/q+1/t24-,25-/m1/s1. The van der Waals surface area contributed by atoms with E-state index in [1.54, 1.807) is 0 Å². The lowest BCUT2D eigenvalue weighted by molar-refractivity contribution is -0.709. The minimum absolute atomic E-state index is 0.222. The van der Waals surface area contributed by atoms with Crippen LogP contribution in [0.25, 0.3) is 22.3 Å². The van der Waals surface area contributed by atoms with Gasteiger partial charge in [-0.15, -0.1) is 0 Å². The molecule has 2 heteroatoms. The molecule has 1 aromatic heterocycles. The van der Waals surface area contributed by atoms with E-state index in [4.69, 9.17) is 0 Å². The van der Waals surface area contributed by atoms with Crippen LogP contribution < -0.4 is 4.57 Å². The van der Waals surface area contributed by atoms with Gasteiger partial charge in [0.1, 0.15) is 24.5 Å². The monoisotopic (exact) mass is 429 g/mol. The van der Waals surface area contributed by atoms with Gasteiger partial charge in [0.15, 0.2) is 0 Å². The zero-order valence-corrected chi connectivity index (χ0v) is 19.2. The fourth-order valence-electron chi connectivity index (χ4n) is 4.65. The largest absolute Gasteiger partial charge is 0.244 e. The van der Waals surface area contributed by atoms with E-state index in [2.05, 4.69) is 151 Å². The molecular formula is C31H29N2+. The molecule has 2 atom stereocenters. The van der Waals surface area contributed by atoms with Gasteiger partial charge in [0, 0.05) is 11.1 Å². The maximum Gasteiger partial charge on any atom is 0.244 e. The minimum atomic E-state index is 0.222. The maximum atomic E-state index is 2.31. The normalized spacial score (nSPS) is 12.9. The summed E-state index contributed by atoms with van der Waals surface area (Å²) in [5.74, 6) is 0. The lowest BCUT2D eigenvalue weighted by Crippen LogP contribution is -2.36. The van der Waals surface area contributed by atoms with Crippen molar-refractivity contribution in [2.45, 2.75) is 25.9 Å². The van der Waals surface area contributed by atoms with Crippen molar-refractivity contribution < 1.29 is 4.57 Å².